The van der Waals surface area contributed by atoms with Gasteiger partial charge < -0.3 is 10.6 Å². The molecule has 0 bridgehead atoms. The third-order valence-corrected chi connectivity index (χ3v) is 4.54. The lowest BCUT2D eigenvalue weighted by molar-refractivity contribution is 0.249. The summed E-state index contributed by atoms with van der Waals surface area (Å²) < 4.78 is 0. The van der Waals surface area contributed by atoms with E-state index in [0.29, 0.717) is 6.04 Å². The molecule has 1 rings (SSSR count). The smallest absolute Gasteiger partial charge is 0.0371 e. The molecule has 138 valence electrons. The molecule has 0 saturated heterocycles. The average molecular weight is 341 g/mol. The normalized spacial score (nSPS) is 22.1. The standard InChI is InChI=1S/C23H36N2/c1-6-10-14-20-17-23(16-19(20)5)25(18-21(24)12-8-3)22(13-9-4)15-11-7-2/h6-7,9-11,13-15,21,23H,5,8,12,16-18,24H2,1-4H3/b10-6-,11-7-,13-9-,20-14-,22-15+. The van der Waals surface area contributed by atoms with Gasteiger partial charge in [-0.3, -0.25) is 0 Å². The maximum Gasteiger partial charge on any atom is 0.0371 e. The van der Waals surface area contributed by atoms with Gasteiger partial charge in [0.25, 0.3) is 0 Å². The van der Waals surface area contributed by atoms with Gasteiger partial charge in [0.1, 0.15) is 0 Å². The Morgan fingerprint density at radius 1 is 1.20 bits per heavy atom. The van der Waals surface area contributed by atoms with Crippen LogP contribution in [0.3, 0.4) is 0 Å². The summed E-state index contributed by atoms with van der Waals surface area (Å²) in [5.41, 5.74) is 10.3. The molecular weight excluding hydrogens is 304 g/mol. The molecule has 1 aliphatic rings. The van der Waals surface area contributed by atoms with Crippen molar-refractivity contribution in [3.63, 3.8) is 0 Å². The number of hydrogen-bond acceptors (Lipinski definition) is 2. The molecule has 0 aromatic carbocycles. The molecule has 2 nitrogen and oxygen atoms in total. The highest BCUT2D eigenvalue weighted by molar-refractivity contribution is 5.39. The van der Waals surface area contributed by atoms with Gasteiger partial charge in [-0.05, 0) is 63.3 Å². The van der Waals surface area contributed by atoms with E-state index in [1.54, 1.807) is 0 Å². The zero-order chi connectivity index (χ0) is 18.7. The van der Waals surface area contributed by atoms with E-state index < -0.39 is 0 Å². The second kappa shape index (κ2) is 11.7. The zero-order valence-corrected chi connectivity index (χ0v) is 16.5. The molecule has 2 atom stereocenters. The lowest BCUT2D eigenvalue weighted by atomic mass is 10.1. The number of nitrogens with zero attached hydrogens (tertiary/aromatic N) is 1. The Balaban J connectivity index is 3.11. The van der Waals surface area contributed by atoms with Crippen LogP contribution in [0.15, 0.2) is 72.0 Å². The minimum Gasteiger partial charge on any atom is -0.366 e. The van der Waals surface area contributed by atoms with E-state index >= 15 is 0 Å². The predicted molar refractivity (Wildman–Crippen MR) is 112 cm³/mol. The summed E-state index contributed by atoms with van der Waals surface area (Å²) in [5.74, 6) is 0. The first kappa shape index (κ1) is 21.2. The van der Waals surface area contributed by atoms with Gasteiger partial charge in [-0.15, -0.1) is 0 Å². The van der Waals surface area contributed by atoms with E-state index in [-0.39, 0.29) is 6.04 Å². The van der Waals surface area contributed by atoms with Gasteiger partial charge in [-0.2, -0.15) is 0 Å². The molecule has 0 radical (unpaired) electrons. The van der Waals surface area contributed by atoms with Gasteiger partial charge in [0, 0.05) is 24.3 Å². The molecule has 2 heteroatoms. The minimum atomic E-state index is 0.195. The van der Waals surface area contributed by atoms with Crippen LogP contribution in [-0.2, 0) is 0 Å². The second-order valence-electron chi connectivity index (χ2n) is 6.70. The molecule has 0 heterocycles. The van der Waals surface area contributed by atoms with Crippen molar-refractivity contribution >= 4 is 0 Å². The lowest BCUT2D eigenvalue weighted by Crippen LogP contribution is -2.41. The Morgan fingerprint density at radius 2 is 1.92 bits per heavy atom. The van der Waals surface area contributed by atoms with Crippen molar-refractivity contribution < 1.29 is 0 Å². The van der Waals surface area contributed by atoms with Crippen LogP contribution in [0.5, 0.6) is 0 Å². The Hall–Kier alpha value is -1.80. The van der Waals surface area contributed by atoms with E-state index in [1.165, 1.54) is 16.8 Å². The van der Waals surface area contributed by atoms with Gasteiger partial charge in [-0.25, -0.2) is 0 Å². The predicted octanol–water partition coefficient (Wildman–Crippen LogP) is 5.67. The molecule has 1 fully saturated rings. The van der Waals surface area contributed by atoms with Crippen molar-refractivity contribution in [1.82, 2.24) is 4.90 Å². The van der Waals surface area contributed by atoms with E-state index in [4.69, 9.17) is 5.73 Å². The van der Waals surface area contributed by atoms with Crippen LogP contribution in [0.25, 0.3) is 0 Å². The summed E-state index contributed by atoms with van der Waals surface area (Å²) in [6.07, 6.45) is 21.3. The number of hydrogen-bond donors (Lipinski definition) is 1. The van der Waals surface area contributed by atoms with Crippen LogP contribution < -0.4 is 5.73 Å². The van der Waals surface area contributed by atoms with Crippen molar-refractivity contribution in [3.8, 4) is 0 Å². The summed E-state index contributed by atoms with van der Waals surface area (Å²) in [7, 11) is 0. The summed E-state index contributed by atoms with van der Waals surface area (Å²) in [5, 5.41) is 0. The average Bonchev–Trinajstić information content (AvgIpc) is 2.95. The number of nitrogens with two attached hydrogens (primary N) is 1. The Kier molecular flexibility index (Phi) is 9.94. The molecule has 0 amide bonds. The van der Waals surface area contributed by atoms with Gasteiger partial charge >= 0.3 is 0 Å². The summed E-state index contributed by atoms with van der Waals surface area (Å²) >= 11 is 0. The molecule has 25 heavy (non-hydrogen) atoms. The zero-order valence-electron chi connectivity index (χ0n) is 16.5. The summed E-state index contributed by atoms with van der Waals surface area (Å²) in [4.78, 5) is 2.49. The Morgan fingerprint density at radius 3 is 2.52 bits per heavy atom. The number of rotatable bonds is 9. The Bertz CT molecular complexity index is 561. The first-order valence-electron chi connectivity index (χ1n) is 9.55. The van der Waals surface area contributed by atoms with E-state index in [0.717, 1.165) is 32.2 Å². The highest BCUT2D eigenvalue weighted by Crippen LogP contribution is 2.35. The van der Waals surface area contributed by atoms with Crippen LogP contribution >= 0.6 is 0 Å². The SMILES string of the molecule is C=C1CC(N(CC(N)CCC)C(/C=C\C)=C/C=C\C)C/C1=C/C=C\C. The largest absolute Gasteiger partial charge is 0.366 e. The number of allylic oxidation sites excluding steroid dienone is 8. The Labute approximate surface area is 155 Å². The highest BCUT2D eigenvalue weighted by atomic mass is 15.2. The second-order valence-corrected chi connectivity index (χ2v) is 6.70. The molecule has 0 aromatic rings. The molecule has 2 unspecified atom stereocenters. The fraction of sp³-hybridized carbons (Fsp3) is 0.478. The van der Waals surface area contributed by atoms with Crippen molar-refractivity contribution in [2.75, 3.05) is 6.54 Å². The molecule has 1 aliphatic carbocycles. The topological polar surface area (TPSA) is 29.3 Å². The van der Waals surface area contributed by atoms with Gasteiger partial charge in [-0.1, -0.05) is 56.4 Å². The fourth-order valence-electron chi connectivity index (χ4n) is 3.30. The van der Waals surface area contributed by atoms with E-state index in [9.17, 15) is 0 Å². The van der Waals surface area contributed by atoms with Crippen molar-refractivity contribution in [2.24, 2.45) is 5.73 Å². The highest BCUT2D eigenvalue weighted by Gasteiger charge is 2.29. The third kappa shape index (κ3) is 6.91. The third-order valence-electron chi connectivity index (χ3n) is 4.54. The maximum absolute atomic E-state index is 6.41. The minimum absolute atomic E-state index is 0.195. The van der Waals surface area contributed by atoms with Gasteiger partial charge in [0.2, 0.25) is 0 Å². The van der Waals surface area contributed by atoms with Crippen LogP contribution in [0.1, 0.15) is 53.4 Å². The summed E-state index contributed by atoms with van der Waals surface area (Å²) in [6.45, 7) is 13.5. The maximum atomic E-state index is 6.41. The van der Waals surface area contributed by atoms with Crippen LogP contribution in [0.2, 0.25) is 0 Å². The van der Waals surface area contributed by atoms with Crippen LogP contribution in [-0.4, -0.2) is 23.5 Å². The molecule has 0 aromatic heterocycles. The van der Waals surface area contributed by atoms with Crippen molar-refractivity contribution in [2.45, 2.75) is 65.5 Å². The first-order valence-corrected chi connectivity index (χ1v) is 9.55. The molecule has 0 aliphatic heterocycles. The van der Waals surface area contributed by atoms with Gasteiger partial charge in [0.15, 0.2) is 0 Å². The first-order chi connectivity index (χ1) is 12.1. The van der Waals surface area contributed by atoms with Crippen LogP contribution in [0, 0.1) is 0 Å². The van der Waals surface area contributed by atoms with Crippen molar-refractivity contribution in [1.29, 1.82) is 0 Å². The van der Waals surface area contributed by atoms with Crippen molar-refractivity contribution in [3.05, 3.63) is 72.0 Å². The van der Waals surface area contributed by atoms with E-state index in [1.807, 2.05) is 13.8 Å². The molecular formula is C23H36N2. The monoisotopic (exact) mass is 340 g/mol. The molecule has 0 spiro atoms. The molecule has 2 N–H and O–H groups in total. The van der Waals surface area contributed by atoms with E-state index in [2.05, 4.69) is 73.9 Å². The lowest BCUT2D eigenvalue weighted by Gasteiger charge is -2.34. The quantitative estimate of drug-likeness (QED) is 0.548. The van der Waals surface area contributed by atoms with Gasteiger partial charge in [0.05, 0.1) is 0 Å². The van der Waals surface area contributed by atoms with Crippen LogP contribution in [0.4, 0.5) is 0 Å². The summed E-state index contributed by atoms with van der Waals surface area (Å²) in [6, 6.07) is 0.626. The fourth-order valence-corrected chi connectivity index (χ4v) is 3.30. The molecule has 1 saturated carbocycles.